The van der Waals surface area contributed by atoms with E-state index < -0.39 is 10.0 Å². The minimum Gasteiger partial charge on any atom is -0.484 e. The van der Waals surface area contributed by atoms with Gasteiger partial charge in [-0.15, -0.1) is 11.8 Å². The fourth-order valence-corrected chi connectivity index (χ4v) is 4.45. The predicted octanol–water partition coefficient (Wildman–Crippen LogP) is 5.12. The maximum absolute atomic E-state index is 12.5. The summed E-state index contributed by atoms with van der Waals surface area (Å²) >= 11 is 7.48. The van der Waals surface area contributed by atoms with E-state index in [1.165, 1.54) is 24.3 Å². The number of carbonyl (C=O) groups is 1. The van der Waals surface area contributed by atoms with E-state index in [0.717, 1.165) is 10.5 Å². The lowest BCUT2D eigenvalue weighted by Gasteiger charge is -2.15. The highest BCUT2D eigenvalue weighted by molar-refractivity contribution is 7.98. The molecule has 168 valence electrons. The molecule has 3 rings (SSSR count). The molecule has 0 saturated carbocycles. The molecular formula is C23H23ClN2O4S2. The van der Waals surface area contributed by atoms with E-state index >= 15 is 0 Å². The number of nitrogens with one attached hydrogen (secondary N) is 2. The van der Waals surface area contributed by atoms with Crippen LogP contribution in [0.15, 0.2) is 82.6 Å². The number of halogens is 1. The third-order valence-electron chi connectivity index (χ3n) is 4.59. The molecule has 0 saturated heterocycles. The first-order valence-electron chi connectivity index (χ1n) is 9.71. The van der Waals surface area contributed by atoms with Gasteiger partial charge in [-0.1, -0.05) is 23.7 Å². The lowest BCUT2D eigenvalue weighted by molar-refractivity contribution is -0.123. The summed E-state index contributed by atoms with van der Waals surface area (Å²) in [7, 11) is -3.76. The molecule has 0 aliphatic carbocycles. The van der Waals surface area contributed by atoms with E-state index in [1.807, 2.05) is 37.4 Å². The van der Waals surface area contributed by atoms with Crippen LogP contribution in [0.4, 0.5) is 5.69 Å². The van der Waals surface area contributed by atoms with E-state index in [9.17, 15) is 13.2 Å². The van der Waals surface area contributed by atoms with Gasteiger partial charge in [-0.3, -0.25) is 9.52 Å². The maximum Gasteiger partial charge on any atom is 0.261 e. The quantitative estimate of drug-likeness (QED) is 0.407. The molecule has 0 aliphatic rings. The van der Waals surface area contributed by atoms with E-state index in [-0.39, 0.29) is 23.5 Å². The summed E-state index contributed by atoms with van der Waals surface area (Å²) in [6.07, 6.45) is 2.01. The first kappa shape index (κ1) is 24.0. The van der Waals surface area contributed by atoms with Crippen LogP contribution in [0, 0.1) is 0 Å². The van der Waals surface area contributed by atoms with Crippen LogP contribution in [0.2, 0.25) is 5.02 Å². The Morgan fingerprint density at radius 2 is 1.62 bits per heavy atom. The first-order valence-corrected chi connectivity index (χ1v) is 12.8. The largest absolute Gasteiger partial charge is 0.484 e. The second kappa shape index (κ2) is 10.8. The second-order valence-corrected chi connectivity index (χ2v) is 9.93. The fraction of sp³-hybridized carbons (Fsp3) is 0.174. The average Bonchev–Trinajstić information content (AvgIpc) is 2.79. The van der Waals surface area contributed by atoms with Crippen LogP contribution in [-0.2, 0) is 14.8 Å². The molecule has 1 amide bonds. The maximum atomic E-state index is 12.5. The number of benzene rings is 3. The van der Waals surface area contributed by atoms with Gasteiger partial charge >= 0.3 is 0 Å². The third-order valence-corrected chi connectivity index (χ3v) is 6.99. The lowest BCUT2D eigenvalue weighted by Crippen LogP contribution is -2.31. The molecule has 0 fully saturated rings. The number of hydrogen-bond acceptors (Lipinski definition) is 5. The van der Waals surface area contributed by atoms with Gasteiger partial charge in [0.05, 0.1) is 10.9 Å². The summed E-state index contributed by atoms with van der Waals surface area (Å²) in [6, 6.07) is 20.0. The highest BCUT2D eigenvalue weighted by atomic mass is 35.5. The molecule has 0 unspecified atom stereocenters. The van der Waals surface area contributed by atoms with Gasteiger partial charge in [0.15, 0.2) is 6.61 Å². The summed E-state index contributed by atoms with van der Waals surface area (Å²) in [6.45, 7) is 1.72. The Morgan fingerprint density at radius 1 is 1.00 bits per heavy atom. The number of carbonyl (C=O) groups excluding carboxylic acids is 1. The van der Waals surface area contributed by atoms with Gasteiger partial charge in [-0.25, -0.2) is 8.42 Å². The van der Waals surface area contributed by atoms with Gasteiger partial charge < -0.3 is 10.1 Å². The molecule has 6 nitrogen and oxygen atoms in total. The highest BCUT2D eigenvalue weighted by Gasteiger charge is 2.15. The molecule has 32 heavy (non-hydrogen) atoms. The molecule has 3 aromatic carbocycles. The van der Waals surface area contributed by atoms with Crippen molar-refractivity contribution in [3.05, 3.63) is 83.4 Å². The van der Waals surface area contributed by atoms with Gasteiger partial charge in [0, 0.05) is 15.6 Å². The van der Waals surface area contributed by atoms with E-state index in [2.05, 4.69) is 10.0 Å². The zero-order chi connectivity index (χ0) is 23.1. The SMILES string of the molecule is CSc1ccc([C@@H](C)NC(=O)COc2ccc(S(=O)(=O)Nc3ccc(Cl)cc3)cc2)cc1. The standard InChI is InChI=1S/C23H23ClN2O4S2/c1-16(17-3-11-21(31-2)12-4-17)25-23(27)15-30-20-9-13-22(14-10-20)32(28,29)26-19-7-5-18(24)6-8-19/h3-14,16,26H,15H2,1-2H3,(H,25,27)/t16-/m1/s1. The number of anilines is 1. The Labute approximate surface area is 197 Å². The van der Waals surface area contributed by atoms with Gasteiger partial charge in [-0.2, -0.15) is 0 Å². The summed E-state index contributed by atoms with van der Waals surface area (Å²) < 4.78 is 33.0. The van der Waals surface area contributed by atoms with Gasteiger partial charge in [0.2, 0.25) is 0 Å². The lowest BCUT2D eigenvalue weighted by atomic mass is 10.1. The Morgan fingerprint density at radius 3 is 2.22 bits per heavy atom. The second-order valence-electron chi connectivity index (χ2n) is 6.93. The number of hydrogen-bond donors (Lipinski definition) is 2. The van der Waals surface area contributed by atoms with E-state index in [4.69, 9.17) is 16.3 Å². The average molecular weight is 491 g/mol. The van der Waals surface area contributed by atoms with Crippen molar-refractivity contribution in [1.82, 2.24) is 5.32 Å². The van der Waals surface area contributed by atoms with Crippen molar-refractivity contribution in [3.63, 3.8) is 0 Å². The van der Waals surface area contributed by atoms with Crippen LogP contribution in [0.5, 0.6) is 5.75 Å². The van der Waals surface area contributed by atoms with Crippen LogP contribution in [0.3, 0.4) is 0 Å². The third kappa shape index (κ3) is 6.66. The van der Waals surface area contributed by atoms with Gasteiger partial charge in [-0.05, 0) is 79.4 Å². The zero-order valence-corrected chi connectivity index (χ0v) is 19.9. The Balaban J connectivity index is 1.53. The minimum absolute atomic E-state index is 0.0755. The summed E-state index contributed by atoms with van der Waals surface area (Å²) in [4.78, 5) is 13.5. The highest BCUT2D eigenvalue weighted by Crippen LogP contribution is 2.21. The van der Waals surface area contributed by atoms with Crippen molar-refractivity contribution in [2.24, 2.45) is 0 Å². The van der Waals surface area contributed by atoms with Crippen molar-refractivity contribution in [2.75, 3.05) is 17.6 Å². The number of ether oxygens (including phenoxy) is 1. The number of rotatable bonds is 9. The number of thioether (sulfide) groups is 1. The Hall–Kier alpha value is -2.68. The van der Waals surface area contributed by atoms with Crippen molar-refractivity contribution in [2.45, 2.75) is 22.8 Å². The molecular weight excluding hydrogens is 468 g/mol. The van der Waals surface area contributed by atoms with E-state index in [0.29, 0.717) is 16.5 Å². The Bertz CT molecular complexity index is 1150. The molecule has 0 spiro atoms. The minimum atomic E-state index is -3.76. The molecule has 0 aromatic heterocycles. The van der Waals surface area contributed by atoms with Crippen molar-refractivity contribution in [3.8, 4) is 5.75 Å². The van der Waals surface area contributed by atoms with Crippen molar-refractivity contribution < 1.29 is 17.9 Å². The fourth-order valence-electron chi connectivity index (χ4n) is 2.85. The van der Waals surface area contributed by atoms with Crippen LogP contribution < -0.4 is 14.8 Å². The van der Waals surface area contributed by atoms with Crippen LogP contribution in [0.25, 0.3) is 0 Å². The molecule has 9 heteroatoms. The summed E-state index contributed by atoms with van der Waals surface area (Å²) in [5, 5.41) is 3.40. The molecule has 0 radical (unpaired) electrons. The summed E-state index contributed by atoms with van der Waals surface area (Å²) in [5.74, 6) is 0.120. The molecule has 0 bridgehead atoms. The number of sulfonamides is 1. The molecule has 1 atom stereocenters. The van der Waals surface area contributed by atoms with Crippen LogP contribution in [-0.4, -0.2) is 27.2 Å². The first-order chi connectivity index (χ1) is 15.3. The van der Waals surface area contributed by atoms with Gasteiger partial charge in [0.1, 0.15) is 5.75 Å². The predicted molar refractivity (Wildman–Crippen MR) is 129 cm³/mol. The topological polar surface area (TPSA) is 84.5 Å². The van der Waals surface area contributed by atoms with Crippen LogP contribution >= 0.6 is 23.4 Å². The van der Waals surface area contributed by atoms with Crippen LogP contribution in [0.1, 0.15) is 18.5 Å². The summed E-state index contributed by atoms with van der Waals surface area (Å²) in [5.41, 5.74) is 1.41. The van der Waals surface area contributed by atoms with E-state index in [1.54, 1.807) is 36.0 Å². The molecule has 2 N–H and O–H groups in total. The Kier molecular flexibility index (Phi) is 8.06. The molecule has 0 heterocycles. The molecule has 0 aliphatic heterocycles. The monoisotopic (exact) mass is 490 g/mol. The van der Waals surface area contributed by atoms with Gasteiger partial charge in [0.25, 0.3) is 15.9 Å². The van der Waals surface area contributed by atoms with Crippen molar-refractivity contribution in [1.29, 1.82) is 0 Å². The smallest absolute Gasteiger partial charge is 0.261 e. The van der Waals surface area contributed by atoms with Crippen molar-refractivity contribution >= 4 is 45.0 Å². The zero-order valence-electron chi connectivity index (χ0n) is 17.5. The normalized spacial score (nSPS) is 12.1. The number of amides is 1. The molecule has 3 aromatic rings.